The van der Waals surface area contributed by atoms with Crippen LogP contribution in [0.4, 0.5) is 14.5 Å². The molecule has 0 saturated heterocycles. The molecule has 0 unspecified atom stereocenters. The van der Waals surface area contributed by atoms with E-state index in [0.717, 1.165) is 18.9 Å². The molecule has 0 heterocycles. The van der Waals surface area contributed by atoms with Gasteiger partial charge in [-0.25, -0.2) is 8.78 Å². The normalized spacial score (nSPS) is 11.6. The highest BCUT2D eigenvalue weighted by molar-refractivity contribution is 5.44. The molecule has 4 heteroatoms. The molecule has 0 radical (unpaired) electrons. The summed E-state index contributed by atoms with van der Waals surface area (Å²) in [4.78, 5) is 0. The van der Waals surface area contributed by atoms with E-state index in [-0.39, 0.29) is 5.54 Å². The van der Waals surface area contributed by atoms with Crippen molar-refractivity contribution in [2.24, 2.45) is 5.73 Å². The molecule has 0 amide bonds. The average Bonchev–Trinajstić information content (AvgIpc) is 2.13. The molecule has 0 aromatic heterocycles. The van der Waals surface area contributed by atoms with Gasteiger partial charge in [-0.1, -0.05) is 0 Å². The molecule has 3 N–H and O–H groups in total. The summed E-state index contributed by atoms with van der Waals surface area (Å²) < 4.78 is 25.8. The second-order valence-electron chi connectivity index (χ2n) is 4.64. The van der Waals surface area contributed by atoms with Gasteiger partial charge in [0.2, 0.25) is 0 Å². The summed E-state index contributed by atoms with van der Waals surface area (Å²) in [5.41, 5.74) is 5.94. The van der Waals surface area contributed by atoms with Gasteiger partial charge in [0.1, 0.15) is 11.6 Å². The molecule has 0 bridgehead atoms. The highest BCUT2D eigenvalue weighted by Crippen LogP contribution is 2.15. The number of nitrogens with one attached hydrogen (secondary N) is 1. The molecule has 0 saturated carbocycles. The maximum absolute atomic E-state index is 13.2. The fraction of sp³-hybridized carbons (Fsp3) is 0.500. The third-order valence-corrected chi connectivity index (χ3v) is 2.24. The first-order chi connectivity index (χ1) is 7.38. The van der Waals surface area contributed by atoms with Gasteiger partial charge in [-0.3, -0.25) is 0 Å². The van der Waals surface area contributed by atoms with Crippen LogP contribution < -0.4 is 11.1 Å². The lowest BCUT2D eigenvalue weighted by Gasteiger charge is -2.18. The van der Waals surface area contributed by atoms with Crippen molar-refractivity contribution in [1.29, 1.82) is 0 Å². The van der Waals surface area contributed by atoms with E-state index in [4.69, 9.17) is 5.73 Å². The van der Waals surface area contributed by atoms with Crippen molar-refractivity contribution in [3.8, 4) is 0 Å². The lowest BCUT2D eigenvalue weighted by Crippen LogP contribution is -2.32. The summed E-state index contributed by atoms with van der Waals surface area (Å²) in [5, 5.41) is 2.92. The topological polar surface area (TPSA) is 38.0 Å². The SMILES string of the molecule is CC(C)(N)CCCNc1ccc(F)cc1F. The van der Waals surface area contributed by atoms with Gasteiger partial charge in [-0.2, -0.15) is 0 Å². The summed E-state index contributed by atoms with van der Waals surface area (Å²) in [7, 11) is 0. The third kappa shape index (κ3) is 4.57. The first kappa shape index (κ1) is 12.9. The molecular weight excluding hydrogens is 210 g/mol. The molecule has 0 aliphatic rings. The van der Waals surface area contributed by atoms with Gasteiger partial charge in [-0.15, -0.1) is 0 Å². The van der Waals surface area contributed by atoms with Gasteiger partial charge in [0.05, 0.1) is 5.69 Å². The molecule has 90 valence electrons. The van der Waals surface area contributed by atoms with Crippen molar-refractivity contribution < 1.29 is 8.78 Å². The molecule has 2 nitrogen and oxygen atoms in total. The zero-order valence-electron chi connectivity index (χ0n) is 9.69. The Morgan fingerprint density at radius 1 is 1.31 bits per heavy atom. The van der Waals surface area contributed by atoms with Crippen LogP contribution in [-0.4, -0.2) is 12.1 Å². The minimum absolute atomic E-state index is 0.205. The number of hydrogen-bond acceptors (Lipinski definition) is 2. The number of rotatable bonds is 5. The molecule has 1 rings (SSSR count). The zero-order valence-corrected chi connectivity index (χ0v) is 9.69. The predicted molar refractivity (Wildman–Crippen MR) is 62.3 cm³/mol. The summed E-state index contributed by atoms with van der Waals surface area (Å²) in [5.74, 6) is -1.13. The molecule has 1 aromatic carbocycles. The molecular formula is C12H18F2N2. The number of nitrogens with two attached hydrogens (primary N) is 1. The number of benzene rings is 1. The standard InChI is InChI=1S/C12H18F2N2/c1-12(2,15)6-3-7-16-11-5-4-9(13)8-10(11)14/h4-5,8,16H,3,6-7,15H2,1-2H3. The summed E-state index contributed by atoms with van der Waals surface area (Å²) in [6, 6.07) is 3.51. The minimum atomic E-state index is -0.564. The van der Waals surface area contributed by atoms with Crippen LogP contribution in [0.15, 0.2) is 18.2 Å². The van der Waals surface area contributed by atoms with E-state index in [2.05, 4.69) is 5.32 Å². The van der Waals surface area contributed by atoms with Crippen molar-refractivity contribution in [3.63, 3.8) is 0 Å². The Bertz CT molecular complexity index is 345. The Hall–Kier alpha value is -1.16. The van der Waals surface area contributed by atoms with Gasteiger partial charge in [-0.05, 0) is 38.8 Å². The Balaban J connectivity index is 2.38. The van der Waals surface area contributed by atoms with Gasteiger partial charge in [0, 0.05) is 18.2 Å². The number of halogens is 2. The van der Waals surface area contributed by atoms with Crippen LogP contribution in [0.3, 0.4) is 0 Å². The fourth-order valence-corrected chi connectivity index (χ4v) is 1.40. The maximum atomic E-state index is 13.2. The smallest absolute Gasteiger partial charge is 0.149 e. The second-order valence-corrected chi connectivity index (χ2v) is 4.64. The van der Waals surface area contributed by atoms with E-state index in [1.54, 1.807) is 0 Å². The Morgan fingerprint density at radius 3 is 2.56 bits per heavy atom. The zero-order chi connectivity index (χ0) is 12.2. The summed E-state index contributed by atoms with van der Waals surface area (Å²) in [6.07, 6.45) is 1.70. The molecule has 0 spiro atoms. The predicted octanol–water partition coefficient (Wildman–Crippen LogP) is 2.89. The molecule has 0 fully saturated rings. The van der Waals surface area contributed by atoms with Crippen molar-refractivity contribution in [2.45, 2.75) is 32.2 Å². The Labute approximate surface area is 94.8 Å². The van der Waals surface area contributed by atoms with Crippen molar-refractivity contribution in [1.82, 2.24) is 0 Å². The van der Waals surface area contributed by atoms with Gasteiger partial charge in [0.15, 0.2) is 0 Å². The van der Waals surface area contributed by atoms with Crippen LogP contribution in [0.5, 0.6) is 0 Å². The van der Waals surface area contributed by atoms with Crippen LogP contribution in [-0.2, 0) is 0 Å². The van der Waals surface area contributed by atoms with E-state index in [1.165, 1.54) is 12.1 Å². The second kappa shape index (κ2) is 5.25. The molecule has 0 aliphatic heterocycles. The lowest BCUT2D eigenvalue weighted by atomic mass is 10.0. The molecule has 1 aromatic rings. The Kier molecular flexibility index (Phi) is 4.24. The van der Waals surface area contributed by atoms with E-state index >= 15 is 0 Å². The van der Waals surface area contributed by atoms with Crippen molar-refractivity contribution in [3.05, 3.63) is 29.8 Å². The van der Waals surface area contributed by atoms with E-state index < -0.39 is 11.6 Å². The first-order valence-electron chi connectivity index (χ1n) is 5.36. The van der Waals surface area contributed by atoms with E-state index in [9.17, 15) is 8.78 Å². The number of hydrogen-bond donors (Lipinski definition) is 2. The monoisotopic (exact) mass is 228 g/mol. The van der Waals surface area contributed by atoms with Gasteiger partial charge in [0.25, 0.3) is 0 Å². The van der Waals surface area contributed by atoms with Gasteiger partial charge >= 0.3 is 0 Å². The molecule has 0 aliphatic carbocycles. The van der Waals surface area contributed by atoms with Crippen LogP contribution in [0.25, 0.3) is 0 Å². The van der Waals surface area contributed by atoms with Crippen molar-refractivity contribution in [2.75, 3.05) is 11.9 Å². The quantitative estimate of drug-likeness (QED) is 0.760. The fourth-order valence-electron chi connectivity index (χ4n) is 1.40. The molecule has 0 atom stereocenters. The highest BCUT2D eigenvalue weighted by atomic mass is 19.1. The summed E-state index contributed by atoms with van der Waals surface area (Å²) in [6.45, 7) is 4.53. The van der Waals surface area contributed by atoms with E-state index in [0.29, 0.717) is 12.2 Å². The van der Waals surface area contributed by atoms with E-state index in [1.807, 2.05) is 13.8 Å². The third-order valence-electron chi connectivity index (χ3n) is 2.24. The van der Waals surface area contributed by atoms with Crippen LogP contribution in [0.1, 0.15) is 26.7 Å². The maximum Gasteiger partial charge on any atom is 0.149 e. The van der Waals surface area contributed by atoms with Gasteiger partial charge < -0.3 is 11.1 Å². The average molecular weight is 228 g/mol. The van der Waals surface area contributed by atoms with Crippen LogP contribution in [0, 0.1) is 11.6 Å². The lowest BCUT2D eigenvalue weighted by molar-refractivity contribution is 0.465. The highest BCUT2D eigenvalue weighted by Gasteiger charge is 2.09. The first-order valence-corrected chi connectivity index (χ1v) is 5.36. The Morgan fingerprint density at radius 2 is 2.00 bits per heavy atom. The minimum Gasteiger partial charge on any atom is -0.383 e. The van der Waals surface area contributed by atoms with Crippen molar-refractivity contribution >= 4 is 5.69 Å². The molecule has 16 heavy (non-hydrogen) atoms. The van der Waals surface area contributed by atoms with Crippen LogP contribution >= 0.6 is 0 Å². The van der Waals surface area contributed by atoms with Crippen LogP contribution in [0.2, 0.25) is 0 Å². The summed E-state index contributed by atoms with van der Waals surface area (Å²) >= 11 is 0. The largest absolute Gasteiger partial charge is 0.383 e. The number of anilines is 1.